The molecule has 1 aromatic heterocycles. The fraction of sp³-hybridized carbons (Fsp3) is 0.455. The van der Waals surface area contributed by atoms with Crippen molar-refractivity contribution in [3.05, 3.63) is 45.6 Å². The molecule has 2 aliphatic heterocycles. The summed E-state index contributed by atoms with van der Waals surface area (Å²) in [4.78, 5) is 28.8. The molecule has 1 fully saturated rings. The summed E-state index contributed by atoms with van der Waals surface area (Å²) in [6, 6.07) is 8.77. The van der Waals surface area contributed by atoms with Crippen molar-refractivity contribution in [2.24, 2.45) is 0 Å². The van der Waals surface area contributed by atoms with E-state index in [4.69, 9.17) is 0 Å². The molecule has 0 unspecified atom stereocenters. The molecular weight excluding hydrogens is 420 g/mol. The van der Waals surface area contributed by atoms with E-state index in [1.165, 1.54) is 11.3 Å². The third-order valence-corrected chi connectivity index (χ3v) is 8.72. The lowest BCUT2D eigenvalue weighted by Gasteiger charge is -2.26. The Kier molecular flexibility index (Phi) is 6.09. The minimum atomic E-state index is -3.49. The van der Waals surface area contributed by atoms with E-state index < -0.39 is 10.0 Å². The van der Waals surface area contributed by atoms with Crippen molar-refractivity contribution in [3.8, 4) is 0 Å². The molecule has 0 N–H and O–H groups in total. The number of thiophene rings is 1. The van der Waals surface area contributed by atoms with Gasteiger partial charge in [0.1, 0.15) is 0 Å². The van der Waals surface area contributed by atoms with E-state index in [9.17, 15) is 18.0 Å². The molecule has 8 heteroatoms. The molecule has 1 amide bonds. The first-order chi connectivity index (χ1) is 14.4. The minimum Gasteiger partial charge on any atom is -0.312 e. The third kappa shape index (κ3) is 4.22. The molecule has 0 radical (unpaired) electrons. The van der Waals surface area contributed by atoms with Gasteiger partial charge in [-0.05, 0) is 62.1 Å². The van der Waals surface area contributed by atoms with Crippen LogP contribution in [0.2, 0.25) is 0 Å². The number of carbonyl (C=O) groups is 2. The van der Waals surface area contributed by atoms with Crippen molar-refractivity contribution in [1.29, 1.82) is 0 Å². The Balaban J connectivity index is 1.44. The van der Waals surface area contributed by atoms with E-state index in [0.29, 0.717) is 35.8 Å². The topological polar surface area (TPSA) is 74.8 Å². The number of nitrogens with zero attached hydrogens (tertiary/aromatic N) is 2. The summed E-state index contributed by atoms with van der Waals surface area (Å²) < 4.78 is 27.4. The lowest BCUT2D eigenvalue weighted by molar-refractivity contribution is -0.118. The van der Waals surface area contributed by atoms with Crippen molar-refractivity contribution >= 4 is 38.7 Å². The summed E-state index contributed by atoms with van der Waals surface area (Å²) in [6.45, 7) is 3.62. The molecule has 6 nitrogen and oxygen atoms in total. The highest BCUT2D eigenvalue weighted by Gasteiger charge is 2.30. The number of carbonyl (C=O) groups excluding carboxylic acids is 2. The number of piperidine rings is 1. The van der Waals surface area contributed by atoms with Crippen LogP contribution in [0.1, 0.15) is 52.2 Å². The number of fused-ring (bicyclic) bond motifs is 1. The molecule has 3 heterocycles. The number of rotatable bonds is 6. The standard InChI is InChI=1S/C22H26N2O4S2/c1-16-5-9-21(29-16)20(25)8-10-22(26)24-14-11-17-15-18(6-7-19(17)24)30(27,28)23-12-3-2-4-13-23/h5-7,9,15H,2-4,8,10-14H2,1H3. The van der Waals surface area contributed by atoms with Gasteiger partial charge in [0.25, 0.3) is 0 Å². The number of Topliss-reactive ketones (excluding diaryl/α,β-unsaturated/α-hetero) is 1. The Bertz CT molecular complexity index is 1070. The van der Waals surface area contributed by atoms with E-state index in [1.54, 1.807) is 27.4 Å². The number of aryl methyl sites for hydroxylation is 1. The summed E-state index contributed by atoms with van der Waals surface area (Å²) in [5, 5.41) is 0. The first kappa shape index (κ1) is 21.2. The average molecular weight is 447 g/mol. The molecule has 1 saturated heterocycles. The second-order valence-corrected chi connectivity index (χ2v) is 11.1. The molecule has 4 rings (SSSR count). The van der Waals surface area contributed by atoms with Crippen molar-refractivity contribution in [2.75, 3.05) is 24.5 Å². The Morgan fingerprint density at radius 1 is 1.00 bits per heavy atom. The zero-order valence-corrected chi connectivity index (χ0v) is 18.7. The maximum Gasteiger partial charge on any atom is 0.243 e. The molecular formula is C22H26N2O4S2. The van der Waals surface area contributed by atoms with Crippen LogP contribution in [-0.4, -0.2) is 44.0 Å². The van der Waals surface area contributed by atoms with Gasteiger partial charge in [-0.25, -0.2) is 8.42 Å². The first-order valence-electron chi connectivity index (χ1n) is 10.4. The summed E-state index contributed by atoms with van der Waals surface area (Å²) in [7, 11) is -3.49. The Morgan fingerprint density at radius 2 is 1.77 bits per heavy atom. The lowest BCUT2D eigenvalue weighted by Crippen LogP contribution is -2.35. The van der Waals surface area contributed by atoms with Crippen LogP contribution in [0.3, 0.4) is 0 Å². The Labute approximate surface area is 181 Å². The average Bonchev–Trinajstić information content (AvgIpc) is 3.38. The maximum absolute atomic E-state index is 12.9. The molecule has 30 heavy (non-hydrogen) atoms. The van der Waals surface area contributed by atoms with Gasteiger partial charge in [0.15, 0.2) is 5.78 Å². The van der Waals surface area contributed by atoms with E-state index in [2.05, 4.69) is 0 Å². The van der Waals surface area contributed by atoms with Gasteiger partial charge < -0.3 is 4.90 Å². The van der Waals surface area contributed by atoms with Crippen LogP contribution in [-0.2, 0) is 21.2 Å². The van der Waals surface area contributed by atoms with Gasteiger partial charge in [-0.1, -0.05) is 6.42 Å². The molecule has 0 bridgehead atoms. The highest BCUT2D eigenvalue weighted by Crippen LogP contribution is 2.32. The molecule has 0 spiro atoms. The normalized spacial score (nSPS) is 17.2. The second kappa shape index (κ2) is 8.61. The van der Waals surface area contributed by atoms with Gasteiger partial charge in [0.2, 0.25) is 15.9 Å². The van der Waals surface area contributed by atoms with Gasteiger partial charge >= 0.3 is 0 Å². The number of benzene rings is 1. The highest BCUT2D eigenvalue weighted by atomic mass is 32.2. The van der Waals surface area contributed by atoms with Gasteiger partial charge in [-0.15, -0.1) is 11.3 Å². The van der Waals surface area contributed by atoms with Crippen molar-refractivity contribution < 1.29 is 18.0 Å². The zero-order chi connectivity index (χ0) is 21.3. The van der Waals surface area contributed by atoms with Crippen molar-refractivity contribution in [1.82, 2.24) is 4.31 Å². The summed E-state index contributed by atoms with van der Waals surface area (Å²) in [6.07, 6.45) is 3.84. The summed E-state index contributed by atoms with van der Waals surface area (Å²) >= 11 is 1.45. The van der Waals surface area contributed by atoms with Crippen LogP contribution >= 0.6 is 11.3 Å². The molecule has 0 atom stereocenters. The predicted molar refractivity (Wildman–Crippen MR) is 118 cm³/mol. The van der Waals surface area contributed by atoms with Crippen molar-refractivity contribution in [2.45, 2.75) is 50.3 Å². The summed E-state index contributed by atoms with van der Waals surface area (Å²) in [5.41, 5.74) is 1.64. The van der Waals surface area contributed by atoms with Crippen LogP contribution in [0.5, 0.6) is 0 Å². The number of anilines is 1. The molecule has 160 valence electrons. The van der Waals surface area contributed by atoms with Gasteiger partial charge in [0.05, 0.1) is 9.77 Å². The SMILES string of the molecule is Cc1ccc(C(=O)CCC(=O)N2CCc3cc(S(=O)(=O)N4CCCCC4)ccc32)s1. The molecule has 2 aromatic rings. The smallest absolute Gasteiger partial charge is 0.243 e. The van der Waals surface area contributed by atoms with E-state index in [1.807, 2.05) is 19.1 Å². The second-order valence-electron chi connectivity index (χ2n) is 7.88. The quantitative estimate of drug-likeness (QED) is 0.633. The summed E-state index contributed by atoms with van der Waals surface area (Å²) in [5.74, 6) is -0.106. The predicted octanol–water partition coefficient (Wildman–Crippen LogP) is 3.78. The van der Waals surface area contributed by atoms with Crippen LogP contribution in [0.25, 0.3) is 0 Å². The monoisotopic (exact) mass is 446 g/mol. The number of sulfonamides is 1. The first-order valence-corrected chi connectivity index (χ1v) is 12.6. The number of hydrogen-bond donors (Lipinski definition) is 0. The lowest BCUT2D eigenvalue weighted by atomic mass is 10.1. The molecule has 1 aromatic carbocycles. The zero-order valence-electron chi connectivity index (χ0n) is 17.1. The van der Waals surface area contributed by atoms with Crippen LogP contribution in [0.4, 0.5) is 5.69 Å². The number of hydrogen-bond acceptors (Lipinski definition) is 5. The van der Waals surface area contributed by atoms with Gasteiger partial charge in [0, 0.05) is 43.0 Å². The third-order valence-electron chi connectivity index (χ3n) is 5.78. The fourth-order valence-electron chi connectivity index (χ4n) is 4.11. The Hall–Kier alpha value is -2.03. The van der Waals surface area contributed by atoms with Crippen LogP contribution in [0.15, 0.2) is 35.2 Å². The van der Waals surface area contributed by atoms with Gasteiger partial charge in [-0.3, -0.25) is 9.59 Å². The Morgan fingerprint density at radius 3 is 2.47 bits per heavy atom. The van der Waals surface area contributed by atoms with Crippen molar-refractivity contribution in [3.63, 3.8) is 0 Å². The number of amides is 1. The van der Waals surface area contributed by atoms with E-state index in [0.717, 1.165) is 35.4 Å². The number of ketones is 1. The molecule has 0 saturated carbocycles. The van der Waals surface area contributed by atoms with Gasteiger partial charge in [-0.2, -0.15) is 4.31 Å². The largest absolute Gasteiger partial charge is 0.312 e. The maximum atomic E-state index is 12.9. The fourth-order valence-corrected chi connectivity index (χ4v) is 6.52. The van der Waals surface area contributed by atoms with Crippen LogP contribution < -0.4 is 4.90 Å². The minimum absolute atomic E-state index is 0.0103. The van der Waals surface area contributed by atoms with E-state index >= 15 is 0 Å². The van der Waals surface area contributed by atoms with E-state index in [-0.39, 0.29) is 24.5 Å². The molecule has 0 aliphatic carbocycles. The molecule has 2 aliphatic rings. The van der Waals surface area contributed by atoms with Crippen LogP contribution in [0, 0.1) is 6.92 Å². The highest BCUT2D eigenvalue weighted by molar-refractivity contribution is 7.89.